The van der Waals surface area contributed by atoms with Crippen molar-refractivity contribution >= 4 is 26.0 Å². The number of methoxy groups -OCH3 is 1. The van der Waals surface area contributed by atoms with Gasteiger partial charge in [-0.25, -0.2) is 8.42 Å². The second-order valence-corrected chi connectivity index (χ2v) is 9.15. The average Bonchev–Trinajstić information content (AvgIpc) is 2.63. The molecular weight excluding hydrogens is 402 g/mol. The monoisotopic (exact) mass is 423 g/mol. The fourth-order valence-electron chi connectivity index (χ4n) is 3.29. The van der Waals surface area contributed by atoms with E-state index in [4.69, 9.17) is 4.74 Å². The highest BCUT2D eigenvalue weighted by atomic mass is 79.9. The molecule has 1 heterocycles. The van der Waals surface area contributed by atoms with Crippen molar-refractivity contribution in [2.45, 2.75) is 24.2 Å². The third-order valence-electron chi connectivity index (χ3n) is 4.68. The Hall–Kier alpha value is -1.37. The maximum Gasteiger partial charge on any atom is 0.246 e. The van der Waals surface area contributed by atoms with Crippen molar-refractivity contribution in [3.63, 3.8) is 0 Å². The summed E-state index contributed by atoms with van der Waals surface area (Å²) in [6.45, 7) is 1.10. The third kappa shape index (κ3) is 4.25. The molecule has 1 aliphatic heterocycles. The molecule has 1 aliphatic rings. The Balaban J connectivity index is 1.71. The lowest BCUT2D eigenvalue weighted by atomic mass is 9.91. The molecule has 0 atom stereocenters. The van der Waals surface area contributed by atoms with Crippen LogP contribution >= 0.6 is 15.9 Å². The molecule has 3 rings (SSSR count). The molecule has 1 fully saturated rings. The molecule has 0 aliphatic carbocycles. The fraction of sp³-hybridized carbons (Fsp3) is 0.368. The van der Waals surface area contributed by atoms with Crippen LogP contribution in [0.3, 0.4) is 0 Å². The maximum atomic E-state index is 13.0. The summed E-state index contributed by atoms with van der Waals surface area (Å²) in [5, 5.41) is 0. The number of piperidine rings is 1. The molecular formula is C19H22BrNO3S. The first-order chi connectivity index (χ1) is 12.0. The van der Waals surface area contributed by atoms with Gasteiger partial charge in [-0.1, -0.05) is 46.3 Å². The zero-order valence-corrected chi connectivity index (χ0v) is 16.6. The largest absolute Gasteiger partial charge is 0.495 e. The van der Waals surface area contributed by atoms with E-state index in [1.165, 1.54) is 12.7 Å². The first-order valence-corrected chi connectivity index (χ1v) is 10.6. The van der Waals surface area contributed by atoms with E-state index in [0.29, 0.717) is 24.8 Å². The lowest BCUT2D eigenvalue weighted by molar-refractivity contribution is 0.272. The van der Waals surface area contributed by atoms with Gasteiger partial charge in [0.05, 0.1) is 7.11 Å². The normalized spacial score (nSPS) is 16.7. The summed E-state index contributed by atoms with van der Waals surface area (Å²) < 4.78 is 33.6. The molecule has 0 bridgehead atoms. The van der Waals surface area contributed by atoms with E-state index in [1.54, 1.807) is 22.5 Å². The molecule has 4 nitrogen and oxygen atoms in total. The van der Waals surface area contributed by atoms with Crippen molar-refractivity contribution in [3.8, 4) is 5.75 Å². The number of hydrogen-bond donors (Lipinski definition) is 0. The lowest BCUT2D eigenvalue weighted by Gasteiger charge is -2.31. The van der Waals surface area contributed by atoms with E-state index in [-0.39, 0.29) is 4.90 Å². The van der Waals surface area contributed by atoms with Gasteiger partial charge >= 0.3 is 0 Å². The topological polar surface area (TPSA) is 46.6 Å². The van der Waals surface area contributed by atoms with Gasteiger partial charge in [0, 0.05) is 17.6 Å². The van der Waals surface area contributed by atoms with Gasteiger partial charge < -0.3 is 4.74 Å². The summed E-state index contributed by atoms with van der Waals surface area (Å²) in [5.74, 6) is 0.910. The van der Waals surface area contributed by atoms with E-state index >= 15 is 0 Å². The molecule has 0 amide bonds. The molecule has 0 N–H and O–H groups in total. The van der Waals surface area contributed by atoms with Crippen molar-refractivity contribution < 1.29 is 13.2 Å². The third-order valence-corrected chi connectivity index (χ3v) is 7.10. The van der Waals surface area contributed by atoms with Crippen LogP contribution in [0.4, 0.5) is 0 Å². The van der Waals surface area contributed by atoms with Crippen LogP contribution in [0.5, 0.6) is 5.75 Å². The molecule has 0 unspecified atom stereocenters. The predicted molar refractivity (Wildman–Crippen MR) is 102 cm³/mol. The highest BCUT2D eigenvalue weighted by Crippen LogP contribution is 2.32. The second-order valence-electron chi connectivity index (χ2n) is 6.33. The van der Waals surface area contributed by atoms with Crippen LogP contribution in [0.1, 0.15) is 18.4 Å². The van der Waals surface area contributed by atoms with Crippen molar-refractivity contribution in [2.75, 3.05) is 20.2 Å². The van der Waals surface area contributed by atoms with Gasteiger partial charge in [-0.15, -0.1) is 0 Å². The number of benzene rings is 2. The van der Waals surface area contributed by atoms with Gasteiger partial charge in [-0.05, 0) is 48.9 Å². The van der Waals surface area contributed by atoms with Crippen LogP contribution in [-0.4, -0.2) is 32.9 Å². The minimum absolute atomic E-state index is 0.228. The van der Waals surface area contributed by atoms with Crippen LogP contribution in [0, 0.1) is 5.92 Å². The Morgan fingerprint density at radius 2 is 1.80 bits per heavy atom. The van der Waals surface area contributed by atoms with Crippen molar-refractivity contribution in [2.24, 2.45) is 5.92 Å². The molecule has 134 valence electrons. The highest BCUT2D eigenvalue weighted by molar-refractivity contribution is 9.10. The molecule has 0 aromatic heterocycles. The predicted octanol–water partition coefficient (Wildman–Crippen LogP) is 4.10. The van der Waals surface area contributed by atoms with E-state index in [2.05, 4.69) is 40.2 Å². The van der Waals surface area contributed by atoms with Gasteiger partial charge in [0.1, 0.15) is 10.6 Å². The smallest absolute Gasteiger partial charge is 0.246 e. The zero-order valence-electron chi connectivity index (χ0n) is 14.2. The highest BCUT2D eigenvalue weighted by Gasteiger charge is 2.31. The molecule has 6 heteroatoms. The van der Waals surface area contributed by atoms with Crippen molar-refractivity contribution in [1.82, 2.24) is 4.31 Å². The quantitative estimate of drug-likeness (QED) is 0.726. The fourth-order valence-corrected chi connectivity index (χ4v) is 5.46. The average molecular weight is 424 g/mol. The van der Waals surface area contributed by atoms with Crippen LogP contribution in [-0.2, 0) is 16.4 Å². The maximum absolute atomic E-state index is 13.0. The van der Waals surface area contributed by atoms with Crippen LogP contribution in [0.15, 0.2) is 57.9 Å². The lowest BCUT2D eigenvalue weighted by Crippen LogP contribution is -2.39. The summed E-state index contributed by atoms with van der Waals surface area (Å²) in [6, 6.07) is 15.5. The summed E-state index contributed by atoms with van der Waals surface area (Å²) >= 11 is 3.35. The van der Waals surface area contributed by atoms with Crippen LogP contribution in [0.2, 0.25) is 0 Å². The Morgan fingerprint density at radius 1 is 1.12 bits per heavy atom. The summed E-state index contributed by atoms with van der Waals surface area (Å²) in [7, 11) is -2.05. The number of ether oxygens (including phenoxy) is 1. The Morgan fingerprint density at radius 3 is 2.44 bits per heavy atom. The van der Waals surface area contributed by atoms with E-state index < -0.39 is 10.0 Å². The standard InChI is InChI=1S/C19H22BrNO3S/c1-24-18-8-7-17(20)14-19(18)25(22,23)21-11-9-16(10-12-21)13-15-5-3-2-4-6-15/h2-8,14,16H,9-13H2,1H3. The Bertz CT molecular complexity index is 816. The Labute approximate surface area is 158 Å². The first kappa shape index (κ1) is 18.4. The molecule has 1 saturated heterocycles. The van der Waals surface area contributed by atoms with Gasteiger partial charge in [0.25, 0.3) is 0 Å². The Kier molecular flexibility index (Phi) is 5.81. The molecule has 0 radical (unpaired) electrons. The van der Waals surface area contributed by atoms with Crippen LogP contribution in [0.25, 0.3) is 0 Å². The number of sulfonamides is 1. The minimum atomic E-state index is -3.55. The number of rotatable bonds is 5. The minimum Gasteiger partial charge on any atom is -0.495 e. The van der Waals surface area contributed by atoms with E-state index in [9.17, 15) is 8.42 Å². The van der Waals surface area contributed by atoms with Gasteiger partial charge in [-0.2, -0.15) is 4.31 Å². The SMILES string of the molecule is COc1ccc(Br)cc1S(=O)(=O)N1CCC(Cc2ccccc2)CC1. The van der Waals surface area contributed by atoms with Gasteiger partial charge in [0.15, 0.2) is 0 Å². The van der Waals surface area contributed by atoms with Crippen molar-refractivity contribution in [1.29, 1.82) is 0 Å². The van der Waals surface area contributed by atoms with Crippen molar-refractivity contribution in [3.05, 3.63) is 58.6 Å². The summed E-state index contributed by atoms with van der Waals surface area (Å²) in [6.07, 6.45) is 2.77. The number of hydrogen-bond acceptors (Lipinski definition) is 3. The van der Waals surface area contributed by atoms with Gasteiger partial charge in [-0.3, -0.25) is 0 Å². The van der Waals surface area contributed by atoms with Crippen LogP contribution < -0.4 is 4.74 Å². The first-order valence-electron chi connectivity index (χ1n) is 8.38. The zero-order chi connectivity index (χ0) is 17.9. The number of nitrogens with zero attached hydrogens (tertiary/aromatic N) is 1. The molecule has 0 spiro atoms. The van der Waals surface area contributed by atoms with E-state index in [0.717, 1.165) is 23.7 Å². The molecule has 25 heavy (non-hydrogen) atoms. The molecule has 2 aromatic carbocycles. The summed E-state index contributed by atoms with van der Waals surface area (Å²) in [4.78, 5) is 0.228. The van der Waals surface area contributed by atoms with E-state index in [1.807, 2.05) is 6.07 Å². The number of halogens is 1. The molecule has 2 aromatic rings. The second kappa shape index (κ2) is 7.89. The summed E-state index contributed by atoms with van der Waals surface area (Å²) in [5.41, 5.74) is 1.32. The molecule has 0 saturated carbocycles. The van der Waals surface area contributed by atoms with Gasteiger partial charge in [0.2, 0.25) is 10.0 Å².